The first-order chi connectivity index (χ1) is 7.50. The summed E-state index contributed by atoms with van der Waals surface area (Å²) in [6, 6.07) is 0.687. The second-order valence-corrected chi connectivity index (χ2v) is 5.99. The van der Waals surface area contributed by atoms with Gasteiger partial charge < -0.3 is 9.80 Å². The molecule has 0 aliphatic carbocycles. The molecule has 0 spiro atoms. The molecule has 0 saturated carbocycles. The van der Waals surface area contributed by atoms with Gasteiger partial charge in [0.25, 0.3) is 0 Å². The van der Waals surface area contributed by atoms with Gasteiger partial charge in [0, 0.05) is 19.1 Å². The Morgan fingerprint density at radius 1 is 1.31 bits per heavy atom. The normalized spacial score (nSPS) is 27.2. The molecule has 0 aromatic heterocycles. The molecule has 16 heavy (non-hydrogen) atoms. The molecule has 1 atom stereocenters. The van der Waals surface area contributed by atoms with E-state index in [2.05, 4.69) is 44.4 Å². The lowest BCUT2D eigenvalue weighted by molar-refractivity contribution is 0.135. The topological polar surface area (TPSA) is 6.48 Å². The summed E-state index contributed by atoms with van der Waals surface area (Å²) in [4.78, 5) is 5.24. The summed E-state index contributed by atoms with van der Waals surface area (Å²) >= 11 is 0. The summed E-state index contributed by atoms with van der Waals surface area (Å²) < 4.78 is 0. The van der Waals surface area contributed by atoms with Gasteiger partial charge in [0.05, 0.1) is 0 Å². The third-order valence-electron chi connectivity index (χ3n) is 3.91. The van der Waals surface area contributed by atoms with Crippen LogP contribution in [0.2, 0.25) is 0 Å². The molecule has 0 radical (unpaired) electrons. The Balaban J connectivity index is 2.50. The summed E-state index contributed by atoms with van der Waals surface area (Å²) in [6.07, 6.45) is 2.64. The van der Waals surface area contributed by atoms with E-state index >= 15 is 0 Å². The smallest absolute Gasteiger partial charge is 0.00508 e. The van der Waals surface area contributed by atoms with Crippen molar-refractivity contribution in [1.82, 2.24) is 9.80 Å². The van der Waals surface area contributed by atoms with Crippen molar-refractivity contribution in [1.29, 1.82) is 0 Å². The Bertz CT molecular complexity index is 203. The van der Waals surface area contributed by atoms with Crippen LogP contribution in [0.4, 0.5) is 0 Å². The molecule has 0 unspecified atom stereocenters. The average molecular weight is 226 g/mol. The quantitative estimate of drug-likeness (QED) is 0.687. The second kappa shape index (κ2) is 6.02. The van der Waals surface area contributed by atoms with Crippen LogP contribution in [-0.4, -0.2) is 48.6 Å². The standard InChI is InChI=1S/C14H30N2/c1-6-9-16(13(3)4)12-14(5)8-10-15(7-2)11-14/h13H,6-12H2,1-5H3/t14-/m0/s1. The molecule has 1 rings (SSSR count). The zero-order valence-corrected chi connectivity index (χ0v) is 11.9. The van der Waals surface area contributed by atoms with Gasteiger partial charge in [-0.05, 0) is 51.7 Å². The number of hydrogen-bond acceptors (Lipinski definition) is 2. The van der Waals surface area contributed by atoms with Crippen molar-refractivity contribution >= 4 is 0 Å². The number of hydrogen-bond donors (Lipinski definition) is 0. The molecular weight excluding hydrogens is 196 g/mol. The summed E-state index contributed by atoms with van der Waals surface area (Å²) in [5.74, 6) is 0. The van der Waals surface area contributed by atoms with E-state index in [1.807, 2.05) is 0 Å². The maximum atomic E-state index is 2.65. The minimum absolute atomic E-state index is 0.523. The zero-order chi connectivity index (χ0) is 12.2. The molecule has 0 N–H and O–H groups in total. The number of rotatable bonds is 6. The van der Waals surface area contributed by atoms with Gasteiger partial charge in [-0.15, -0.1) is 0 Å². The van der Waals surface area contributed by atoms with Crippen molar-refractivity contribution in [3.63, 3.8) is 0 Å². The second-order valence-electron chi connectivity index (χ2n) is 5.99. The SMILES string of the molecule is CCCN(C[C@@]1(C)CCN(CC)C1)C(C)C. The molecule has 2 nitrogen and oxygen atoms in total. The van der Waals surface area contributed by atoms with Crippen molar-refractivity contribution in [2.75, 3.05) is 32.7 Å². The summed E-state index contributed by atoms with van der Waals surface area (Å²) in [5, 5.41) is 0. The van der Waals surface area contributed by atoms with Gasteiger partial charge in [-0.3, -0.25) is 0 Å². The van der Waals surface area contributed by atoms with Crippen LogP contribution in [0.5, 0.6) is 0 Å². The summed E-state index contributed by atoms with van der Waals surface area (Å²) in [5.41, 5.74) is 0.523. The van der Waals surface area contributed by atoms with Crippen molar-refractivity contribution in [2.24, 2.45) is 5.41 Å². The predicted octanol–water partition coefficient (Wildman–Crippen LogP) is 2.84. The van der Waals surface area contributed by atoms with Crippen LogP contribution in [-0.2, 0) is 0 Å². The van der Waals surface area contributed by atoms with E-state index in [0.29, 0.717) is 11.5 Å². The molecule has 1 fully saturated rings. The largest absolute Gasteiger partial charge is 0.303 e. The first-order valence-electron chi connectivity index (χ1n) is 6.97. The van der Waals surface area contributed by atoms with E-state index in [0.717, 1.165) is 0 Å². The van der Waals surface area contributed by atoms with E-state index in [1.165, 1.54) is 45.6 Å². The Morgan fingerprint density at radius 2 is 2.00 bits per heavy atom. The molecule has 0 aromatic rings. The van der Waals surface area contributed by atoms with Gasteiger partial charge in [0.15, 0.2) is 0 Å². The Kier molecular flexibility index (Phi) is 5.26. The van der Waals surface area contributed by atoms with Crippen LogP contribution in [0.15, 0.2) is 0 Å². The fraction of sp³-hybridized carbons (Fsp3) is 1.00. The molecule has 1 heterocycles. The number of nitrogens with zero attached hydrogens (tertiary/aromatic N) is 2. The van der Waals surface area contributed by atoms with Crippen molar-refractivity contribution < 1.29 is 0 Å². The Morgan fingerprint density at radius 3 is 2.44 bits per heavy atom. The third-order valence-corrected chi connectivity index (χ3v) is 3.91. The predicted molar refractivity (Wildman–Crippen MR) is 71.8 cm³/mol. The van der Waals surface area contributed by atoms with E-state index in [4.69, 9.17) is 0 Å². The van der Waals surface area contributed by atoms with E-state index in [-0.39, 0.29) is 0 Å². The fourth-order valence-electron chi connectivity index (χ4n) is 2.82. The van der Waals surface area contributed by atoms with Gasteiger partial charge in [0.1, 0.15) is 0 Å². The first kappa shape index (κ1) is 14.0. The zero-order valence-electron chi connectivity index (χ0n) is 11.9. The minimum atomic E-state index is 0.523. The highest BCUT2D eigenvalue weighted by Crippen LogP contribution is 2.31. The highest BCUT2D eigenvalue weighted by atomic mass is 15.2. The van der Waals surface area contributed by atoms with Crippen LogP contribution >= 0.6 is 0 Å². The minimum Gasteiger partial charge on any atom is -0.303 e. The van der Waals surface area contributed by atoms with Crippen LogP contribution < -0.4 is 0 Å². The van der Waals surface area contributed by atoms with Gasteiger partial charge >= 0.3 is 0 Å². The van der Waals surface area contributed by atoms with Gasteiger partial charge in [-0.1, -0.05) is 20.8 Å². The van der Waals surface area contributed by atoms with E-state index in [1.54, 1.807) is 0 Å². The molecule has 1 aliphatic heterocycles. The lowest BCUT2D eigenvalue weighted by atomic mass is 9.88. The van der Waals surface area contributed by atoms with Gasteiger partial charge in [-0.25, -0.2) is 0 Å². The first-order valence-corrected chi connectivity index (χ1v) is 6.97. The molecule has 1 aliphatic rings. The van der Waals surface area contributed by atoms with Crippen LogP contribution in [0.25, 0.3) is 0 Å². The van der Waals surface area contributed by atoms with Gasteiger partial charge in [-0.2, -0.15) is 0 Å². The lowest BCUT2D eigenvalue weighted by Crippen LogP contribution is -2.41. The molecule has 96 valence electrons. The molecule has 0 aromatic carbocycles. The van der Waals surface area contributed by atoms with Crippen LogP contribution in [0.3, 0.4) is 0 Å². The third kappa shape index (κ3) is 3.74. The fourth-order valence-corrected chi connectivity index (χ4v) is 2.82. The molecule has 0 amide bonds. The average Bonchev–Trinajstić information content (AvgIpc) is 2.60. The summed E-state index contributed by atoms with van der Waals surface area (Å²) in [6.45, 7) is 18.0. The highest BCUT2D eigenvalue weighted by Gasteiger charge is 2.34. The van der Waals surface area contributed by atoms with Crippen molar-refractivity contribution in [2.45, 2.75) is 53.5 Å². The Labute approximate surface area is 102 Å². The van der Waals surface area contributed by atoms with Crippen molar-refractivity contribution in [3.8, 4) is 0 Å². The molecule has 0 bridgehead atoms. The van der Waals surface area contributed by atoms with Gasteiger partial charge in [0.2, 0.25) is 0 Å². The highest BCUT2D eigenvalue weighted by molar-refractivity contribution is 4.89. The molecular formula is C14H30N2. The van der Waals surface area contributed by atoms with E-state index < -0.39 is 0 Å². The van der Waals surface area contributed by atoms with Crippen LogP contribution in [0, 0.1) is 5.41 Å². The maximum Gasteiger partial charge on any atom is 0.00508 e. The molecule has 1 saturated heterocycles. The monoisotopic (exact) mass is 226 g/mol. The number of likely N-dealkylation sites (tertiary alicyclic amines) is 1. The van der Waals surface area contributed by atoms with Crippen molar-refractivity contribution in [3.05, 3.63) is 0 Å². The van der Waals surface area contributed by atoms with E-state index in [9.17, 15) is 0 Å². The lowest BCUT2D eigenvalue weighted by Gasteiger charge is -2.35. The maximum absolute atomic E-state index is 2.65. The molecule has 2 heteroatoms. The van der Waals surface area contributed by atoms with Crippen LogP contribution in [0.1, 0.15) is 47.5 Å². The Hall–Kier alpha value is -0.0800. The summed E-state index contributed by atoms with van der Waals surface area (Å²) in [7, 11) is 0.